The van der Waals surface area contributed by atoms with E-state index in [4.69, 9.17) is 5.73 Å². The quantitative estimate of drug-likeness (QED) is 0.802. The van der Waals surface area contributed by atoms with Crippen LogP contribution in [0.15, 0.2) is 24.3 Å². The van der Waals surface area contributed by atoms with Crippen LogP contribution in [0.5, 0.6) is 0 Å². The highest BCUT2D eigenvalue weighted by Crippen LogP contribution is 2.34. The molecule has 21 heavy (non-hydrogen) atoms. The highest BCUT2D eigenvalue weighted by molar-refractivity contribution is 5.85. The highest BCUT2D eigenvalue weighted by atomic mass is 35.5. The van der Waals surface area contributed by atoms with Gasteiger partial charge in [-0.05, 0) is 31.9 Å². The molecule has 0 bridgehead atoms. The summed E-state index contributed by atoms with van der Waals surface area (Å²) in [6, 6.07) is 6.73. The molecule has 1 unspecified atom stereocenters. The Morgan fingerprint density at radius 2 is 2.14 bits per heavy atom. The number of halogens is 2. The number of amides is 1. The molecule has 3 N–H and O–H groups in total. The third-order valence-corrected chi connectivity index (χ3v) is 3.80. The summed E-state index contributed by atoms with van der Waals surface area (Å²) >= 11 is 0. The van der Waals surface area contributed by atoms with E-state index in [0.29, 0.717) is 24.6 Å². The molecule has 1 amide bonds. The number of nitrogens with one attached hydrogen (secondary N) is 1. The Morgan fingerprint density at radius 1 is 1.48 bits per heavy atom. The minimum atomic E-state index is -0.293. The minimum absolute atomic E-state index is 0. The maximum atomic E-state index is 13.4. The number of rotatable bonds is 7. The van der Waals surface area contributed by atoms with Crippen molar-refractivity contribution in [3.05, 3.63) is 35.6 Å². The third kappa shape index (κ3) is 5.26. The predicted octanol–water partition coefficient (Wildman–Crippen LogP) is 1.53. The van der Waals surface area contributed by atoms with Crippen LogP contribution in [-0.2, 0) is 11.3 Å². The van der Waals surface area contributed by atoms with Gasteiger partial charge in [0.05, 0.1) is 6.54 Å². The highest BCUT2D eigenvalue weighted by Gasteiger charge is 2.33. The molecule has 0 aliphatic heterocycles. The molecule has 1 aliphatic rings. The van der Waals surface area contributed by atoms with Gasteiger partial charge in [0.1, 0.15) is 5.82 Å². The van der Waals surface area contributed by atoms with Crippen molar-refractivity contribution in [2.24, 2.45) is 11.7 Å². The standard InChI is InChI=1S/C15H22FN3O.ClH/c1-19(14(8-17)11-6-7-11)10-15(20)18-9-12-4-2-3-5-13(12)16;/h2-5,11,14H,6-10,17H2,1H3,(H,18,20);1H. The molecule has 0 saturated heterocycles. The summed E-state index contributed by atoms with van der Waals surface area (Å²) in [5, 5.41) is 2.75. The first-order valence-electron chi connectivity index (χ1n) is 7.02. The first kappa shape index (κ1) is 17.9. The van der Waals surface area contributed by atoms with Crippen LogP contribution in [0.3, 0.4) is 0 Å². The zero-order valence-corrected chi connectivity index (χ0v) is 13.0. The molecule has 4 nitrogen and oxygen atoms in total. The van der Waals surface area contributed by atoms with Crippen LogP contribution >= 0.6 is 12.4 Å². The van der Waals surface area contributed by atoms with Gasteiger partial charge in [-0.2, -0.15) is 0 Å². The van der Waals surface area contributed by atoms with Crippen molar-refractivity contribution in [1.82, 2.24) is 10.2 Å². The van der Waals surface area contributed by atoms with Gasteiger partial charge in [-0.3, -0.25) is 9.69 Å². The smallest absolute Gasteiger partial charge is 0.234 e. The van der Waals surface area contributed by atoms with Crippen molar-refractivity contribution in [2.75, 3.05) is 20.1 Å². The van der Waals surface area contributed by atoms with E-state index in [0.717, 1.165) is 0 Å². The van der Waals surface area contributed by atoms with Crippen LogP contribution in [0.1, 0.15) is 18.4 Å². The monoisotopic (exact) mass is 315 g/mol. The topological polar surface area (TPSA) is 58.4 Å². The SMILES string of the molecule is CN(CC(=O)NCc1ccccc1F)C(CN)C1CC1.Cl. The van der Waals surface area contributed by atoms with Gasteiger partial charge < -0.3 is 11.1 Å². The first-order chi connectivity index (χ1) is 9.61. The number of carbonyl (C=O) groups excluding carboxylic acids is 1. The lowest BCUT2D eigenvalue weighted by Gasteiger charge is -2.26. The Bertz CT molecular complexity index is 468. The van der Waals surface area contributed by atoms with Gasteiger partial charge in [-0.15, -0.1) is 12.4 Å². The van der Waals surface area contributed by atoms with Gasteiger partial charge in [0.25, 0.3) is 0 Å². The van der Waals surface area contributed by atoms with E-state index in [-0.39, 0.29) is 36.7 Å². The van der Waals surface area contributed by atoms with E-state index in [1.807, 2.05) is 11.9 Å². The van der Waals surface area contributed by atoms with E-state index in [1.54, 1.807) is 18.2 Å². The van der Waals surface area contributed by atoms with Gasteiger partial charge in [0, 0.05) is 24.7 Å². The first-order valence-corrected chi connectivity index (χ1v) is 7.02. The predicted molar refractivity (Wildman–Crippen MR) is 83.7 cm³/mol. The van der Waals surface area contributed by atoms with E-state index < -0.39 is 0 Å². The van der Waals surface area contributed by atoms with Crippen molar-refractivity contribution >= 4 is 18.3 Å². The number of benzene rings is 1. The molecule has 1 fully saturated rings. The molecule has 1 aromatic carbocycles. The fourth-order valence-electron chi connectivity index (χ4n) is 2.45. The molecule has 1 aromatic rings. The van der Waals surface area contributed by atoms with Crippen molar-refractivity contribution < 1.29 is 9.18 Å². The van der Waals surface area contributed by atoms with E-state index in [2.05, 4.69) is 5.32 Å². The summed E-state index contributed by atoms with van der Waals surface area (Å²) in [7, 11) is 1.92. The fourth-order valence-corrected chi connectivity index (χ4v) is 2.45. The normalized spacial score (nSPS) is 15.4. The van der Waals surface area contributed by atoms with Crippen molar-refractivity contribution in [3.8, 4) is 0 Å². The summed E-state index contributed by atoms with van der Waals surface area (Å²) in [6.07, 6.45) is 2.39. The number of nitrogens with zero attached hydrogens (tertiary/aromatic N) is 1. The van der Waals surface area contributed by atoms with Gasteiger partial charge in [0.15, 0.2) is 0 Å². The number of nitrogens with two attached hydrogens (primary N) is 1. The second-order valence-electron chi connectivity index (χ2n) is 5.42. The van der Waals surface area contributed by atoms with E-state index in [1.165, 1.54) is 18.9 Å². The van der Waals surface area contributed by atoms with Crippen LogP contribution in [0.25, 0.3) is 0 Å². The van der Waals surface area contributed by atoms with Crippen LogP contribution in [0.2, 0.25) is 0 Å². The second kappa shape index (κ2) is 8.32. The Labute approximate surface area is 131 Å². The van der Waals surface area contributed by atoms with E-state index in [9.17, 15) is 9.18 Å². The molecule has 0 heterocycles. The minimum Gasteiger partial charge on any atom is -0.351 e. The van der Waals surface area contributed by atoms with Crippen molar-refractivity contribution in [1.29, 1.82) is 0 Å². The maximum absolute atomic E-state index is 13.4. The molecule has 0 spiro atoms. The summed E-state index contributed by atoms with van der Waals surface area (Å²) in [5.41, 5.74) is 6.25. The van der Waals surface area contributed by atoms with Gasteiger partial charge >= 0.3 is 0 Å². The Morgan fingerprint density at radius 3 is 2.71 bits per heavy atom. The van der Waals surface area contributed by atoms with Crippen LogP contribution < -0.4 is 11.1 Å². The molecule has 1 saturated carbocycles. The molecule has 6 heteroatoms. The molecular formula is C15H23ClFN3O. The number of hydrogen-bond donors (Lipinski definition) is 2. The molecule has 2 rings (SSSR count). The molecular weight excluding hydrogens is 293 g/mol. The lowest BCUT2D eigenvalue weighted by atomic mass is 10.1. The number of hydrogen-bond acceptors (Lipinski definition) is 3. The zero-order chi connectivity index (χ0) is 14.5. The second-order valence-corrected chi connectivity index (χ2v) is 5.42. The third-order valence-electron chi connectivity index (χ3n) is 3.80. The Hall–Kier alpha value is -1.17. The zero-order valence-electron chi connectivity index (χ0n) is 12.2. The lowest BCUT2D eigenvalue weighted by Crippen LogP contribution is -2.45. The van der Waals surface area contributed by atoms with Gasteiger partial charge in [0.2, 0.25) is 5.91 Å². The molecule has 118 valence electrons. The summed E-state index contributed by atoms with van der Waals surface area (Å²) in [6.45, 7) is 1.09. The molecule has 0 radical (unpaired) electrons. The average molecular weight is 316 g/mol. The van der Waals surface area contributed by atoms with E-state index >= 15 is 0 Å². The van der Waals surface area contributed by atoms with Crippen LogP contribution in [0.4, 0.5) is 4.39 Å². The largest absolute Gasteiger partial charge is 0.351 e. The van der Waals surface area contributed by atoms with Crippen molar-refractivity contribution in [3.63, 3.8) is 0 Å². The van der Waals surface area contributed by atoms with Gasteiger partial charge in [-0.1, -0.05) is 18.2 Å². The lowest BCUT2D eigenvalue weighted by molar-refractivity contribution is -0.122. The Balaban J connectivity index is 0.00000220. The van der Waals surface area contributed by atoms with Crippen LogP contribution in [0, 0.1) is 11.7 Å². The summed E-state index contributed by atoms with van der Waals surface area (Å²) in [5.74, 6) is 0.234. The van der Waals surface area contributed by atoms with Gasteiger partial charge in [-0.25, -0.2) is 4.39 Å². The molecule has 0 aromatic heterocycles. The Kier molecular flexibility index (Phi) is 7.08. The molecule has 1 atom stereocenters. The summed E-state index contributed by atoms with van der Waals surface area (Å²) in [4.78, 5) is 13.9. The fraction of sp³-hybridized carbons (Fsp3) is 0.533. The number of likely N-dealkylation sites (N-methyl/N-ethyl adjacent to an activating group) is 1. The average Bonchev–Trinajstić information content (AvgIpc) is 3.23. The molecule has 1 aliphatic carbocycles. The van der Waals surface area contributed by atoms with Crippen molar-refractivity contribution in [2.45, 2.75) is 25.4 Å². The number of carbonyl (C=O) groups is 1. The summed E-state index contributed by atoms with van der Waals surface area (Å²) < 4.78 is 13.4. The van der Waals surface area contributed by atoms with Crippen LogP contribution in [-0.4, -0.2) is 37.0 Å². The maximum Gasteiger partial charge on any atom is 0.234 e.